The van der Waals surface area contributed by atoms with E-state index in [0.29, 0.717) is 27.2 Å². The Labute approximate surface area is 157 Å². The molecule has 7 heteroatoms. The molecule has 0 unspecified atom stereocenters. The van der Waals surface area contributed by atoms with E-state index in [2.05, 4.69) is 26.1 Å². The highest BCUT2D eigenvalue weighted by Gasteiger charge is 2.35. The van der Waals surface area contributed by atoms with Crippen molar-refractivity contribution in [3.8, 4) is 5.75 Å². The molecule has 1 aliphatic carbocycles. The van der Waals surface area contributed by atoms with Gasteiger partial charge in [0.05, 0.1) is 9.50 Å². The van der Waals surface area contributed by atoms with Gasteiger partial charge in [-0.15, -0.1) is 24.8 Å². The van der Waals surface area contributed by atoms with Gasteiger partial charge in [0.2, 0.25) is 0 Å². The van der Waals surface area contributed by atoms with Crippen LogP contribution in [0.2, 0.25) is 5.02 Å². The van der Waals surface area contributed by atoms with E-state index in [4.69, 9.17) is 11.6 Å². The summed E-state index contributed by atoms with van der Waals surface area (Å²) in [6.07, 6.45) is 3.82. The molecule has 3 nitrogen and oxygen atoms in total. The molecule has 1 atom stereocenters. The number of hydrogen-bond donors (Lipinski definition) is 2. The summed E-state index contributed by atoms with van der Waals surface area (Å²) in [4.78, 5) is 2.51. The molecule has 22 heavy (non-hydrogen) atoms. The maximum absolute atomic E-state index is 10.5. The molecule has 0 aromatic heterocycles. The number of piperazine rings is 1. The molecule has 1 aromatic carbocycles. The van der Waals surface area contributed by atoms with Gasteiger partial charge in [0.15, 0.2) is 0 Å². The van der Waals surface area contributed by atoms with Crippen molar-refractivity contribution < 1.29 is 5.11 Å². The van der Waals surface area contributed by atoms with Crippen LogP contribution in [0.1, 0.15) is 30.9 Å². The zero-order valence-electron chi connectivity index (χ0n) is 12.2. The number of halogens is 4. The third-order valence-corrected chi connectivity index (χ3v) is 5.91. The van der Waals surface area contributed by atoms with Gasteiger partial charge >= 0.3 is 0 Å². The first kappa shape index (κ1) is 20.3. The first-order chi connectivity index (χ1) is 9.68. The first-order valence-corrected chi connectivity index (χ1v) is 8.47. The van der Waals surface area contributed by atoms with E-state index in [9.17, 15) is 5.11 Å². The van der Waals surface area contributed by atoms with Crippen LogP contribution in [-0.4, -0.2) is 36.2 Å². The first-order valence-electron chi connectivity index (χ1n) is 7.30. The standard InChI is InChI=1S/C15H20BrClN2O.2ClH/c16-13-12(17)5-4-11(15(13)20)14(10-2-1-3-10)19-8-6-18-7-9-19;;/h4-5,10,14,18,20H,1-3,6-9H2;2*1H/t14-;;/m0../s1. The molecule has 0 spiro atoms. The number of nitrogens with zero attached hydrogens (tertiary/aromatic N) is 1. The van der Waals surface area contributed by atoms with E-state index in [1.807, 2.05) is 12.1 Å². The van der Waals surface area contributed by atoms with Crippen molar-refractivity contribution in [3.63, 3.8) is 0 Å². The van der Waals surface area contributed by atoms with Crippen LogP contribution in [0, 0.1) is 5.92 Å². The minimum Gasteiger partial charge on any atom is -0.506 e. The van der Waals surface area contributed by atoms with Crippen molar-refractivity contribution in [2.24, 2.45) is 5.92 Å². The maximum Gasteiger partial charge on any atom is 0.136 e. The van der Waals surface area contributed by atoms with Crippen LogP contribution in [0.25, 0.3) is 0 Å². The number of phenolic OH excluding ortho intramolecular Hbond substituents is 1. The molecule has 0 bridgehead atoms. The summed E-state index contributed by atoms with van der Waals surface area (Å²) in [6.45, 7) is 4.14. The van der Waals surface area contributed by atoms with Crippen LogP contribution in [-0.2, 0) is 0 Å². The second kappa shape index (κ2) is 8.95. The number of rotatable bonds is 3. The molecule has 1 heterocycles. The van der Waals surface area contributed by atoms with Gasteiger partial charge in [0.1, 0.15) is 5.75 Å². The third kappa shape index (κ3) is 4.03. The molecule has 1 saturated carbocycles. The third-order valence-electron chi connectivity index (χ3n) is 4.56. The van der Waals surface area contributed by atoms with Crippen LogP contribution in [0.5, 0.6) is 5.75 Å². The predicted molar refractivity (Wildman–Crippen MR) is 99.8 cm³/mol. The fraction of sp³-hybridized carbons (Fsp3) is 0.600. The van der Waals surface area contributed by atoms with E-state index >= 15 is 0 Å². The van der Waals surface area contributed by atoms with Gasteiger partial charge in [-0.05, 0) is 40.8 Å². The monoisotopic (exact) mass is 430 g/mol. The van der Waals surface area contributed by atoms with Gasteiger partial charge in [-0.2, -0.15) is 0 Å². The summed E-state index contributed by atoms with van der Waals surface area (Å²) in [6, 6.07) is 4.20. The van der Waals surface area contributed by atoms with Gasteiger partial charge in [-0.1, -0.05) is 24.1 Å². The Kier molecular flexibility index (Phi) is 8.27. The summed E-state index contributed by atoms with van der Waals surface area (Å²) in [5.74, 6) is 0.972. The van der Waals surface area contributed by atoms with E-state index in [-0.39, 0.29) is 24.8 Å². The topological polar surface area (TPSA) is 35.5 Å². The van der Waals surface area contributed by atoms with Crippen molar-refractivity contribution in [3.05, 3.63) is 27.2 Å². The van der Waals surface area contributed by atoms with E-state index in [1.165, 1.54) is 19.3 Å². The lowest BCUT2D eigenvalue weighted by atomic mass is 9.76. The van der Waals surface area contributed by atoms with Crippen molar-refractivity contribution in [1.29, 1.82) is 0 Å². The smallest absolute Gasteiger partial charge is 0.136 e. The van der Waals surface area contributed by atoms with Gasteiger partial charge in [-0.3, -0.25) is 4.90 Å². The number of nitrogens with one attached hydrogen (secondary N) is 1. The zero-order valence-corrected chi connectivity index (χ0v) is 16.2. The molecule has 0 amide bonds. The lowest BCUT2D eigenvalue weighted by Crippen LogP contribution is -2.47. The van der Waals surface area contributed by atoms with E-state index in [0.717, 1.165) is 31.7 Å². The Morgan fingerprint density at radius 3 is 2.41 bits per heavy atom. The molecule has 2 fully saturated rings. The van der Waals surface area contributed by atoms with Crippen LogP contribution in [0.3, 0.4) is 0 Å². The maximum atomic E-state index is 10.5. The highest BCUT2D eigenvalue weighted by atomic mass is 79.9. The zero-order chi connectivity index (χ0) is 14.1. The van der Waals surface area contributed by atoms with E-state index in [1.54, 1.807) is 0 Å². The van der Waals surface area contributed by atoms with Crippen molar-refractivity contribution in [1.82, 2.24) is 10.2 Å². The lowest BCUT2D eigenvalue weighted by molar-refractivity contribution is 0.0819. The molecule has 3 rings (SSSR count). The molecule has 1 saturated heterocycles. The average molecular weight is 433 g/mol. The molecular weight excluding hydrogens is 410 g/mol. The molecular formula is C15H22BrCl3N2O. The Morgan fingerprint density at radius 2 is 1.86 bits per heavy atom. The largest absolute Gasteiger partial charge is 0.506 e. The Balaban J connectivity index is 0.00000121. The minimum atomic E-state index is 0. The van der Waals surface area contributed by atoms with Crippen LogP contribution in [0.15, 0.2) is 16.6 Å². The van der Waals surface area contributed by atoms with Gasteiger partial charge in [0.25, 0.3) is 0 Å². The average Bonchev–Trinajstić information content (AvgIpc) is 2.42. The molecule has 1 aromatic rings. The highest BCUT2D eigenvalue weighted by molar-refractivity contribution is 9.10. The van der Waals surface area contributed by atoms with Crippen molar-refractivity contribution in [2.45, 2.75) is 25.3 Å². The number of phenols is 1. The number of aromatic hydroxyl groups is 1. The molecule has 2 N–H and O–H groups in total. The van der Waals surface area contributed by atoms with Crippen LogP contribution < -0.4 is 5.32 Å². The number of hydrogen-bond acceptors (Lipinski definition) is 3. The minimum absolute atomic E-state index is 0. The summed E-state index contributed by atoms with van der Waals surface area (Å²) in [5, 5.41) is 14.4. The summed E-state index contributed by atoms with van der Waals surface area (Å²) >= 11 is 9.47. The highest BCUT2D eigenvalue weighted by Crippen LogP contribution is 2.46. The fourth-order valence-corrected chi connectivity index (χ4v) is 3.77. The Hall–Kier alpha value is 0.290. The van der Waals surface area contributed by atoms with Gasteiger partial charge in [-0.25, -0.2) is 0 Å². The van der Waals surface area contributed by atoms with Crippen molar-refractivity contribution >= 4 is 52.3 Å². The summed E-state index contributed by atoms with van der Waals surface area (Å²) in [7, 11) is 0. The van der Waals surface area contributed by atoms with Gasteiger partial charge in [0, 0.05) is 37.8 Å². The lowest BCUT2D eigenvalue weighted by Gasteiger charge is -2.43. The van der Waals surface area contributed by atoms with Gasteiger partial charge < -0.3 is 10.4 Å². The molecule has 0 radical (unpaired) electrons. The van der Waals surface area contributed by atoms with Crippen LogP contribution in [0.4, 0.5) is 0 Å². The normalized spacial score (nSPS) is 20.5. The fourth-order valence-electron chi connectivity index (χ4n) is 3.26. The molecule has 1 aliphatic heterocycles. The molecule has 2 aliphatic rings. The van der Waals surface area contributed by atoms with E-state index < -0.39 is 0 Å². The summed E-state index contributed by atoms with van der Waals surface area (Å²) < 4.78 is 0.621. The SMILES string of the molecule is Cl.Cl.Oc1c([C@H](C2CCC2)N2CCNCC2)ccc(Cl)c1Br. The Bertz CT molecular complexity index is 494. The molecule has 126 valence electrons. The second-order valence-electron chi connectivity index (χ2n) is 5.72. The number of benzene rings is 1. The Morgan fingerprint density at radius 1 is 1.23 bits per heavy atom. The van der Waals surface area contributed by atoms with Crippen LogP contribution >= 0.6 is 52.3 Å². The summed E-state index contributed by atoms with van der Waals surface area (Å²) in [5.41, 5.74) is 1.02. The quantitative estimate of drug-likeness (QED) is 0.743. The van der Waals surface area contributed by atoms with Crippen molar-refractivity contribution in [2.75, 3.05) is 26.2 Å². The second-order valence-corrected chi connectivity index (χ2v) is 6.92. The predicted octanol–water partition coefficient (Wildman–Crippen LogP) is 4.40.